The van der Waals surface area contributed by atoms with Gasteiger partial charge in [0.25, 0.3) is 0 Å². The summed E-state index contributed by atoms with van der Waals surface area (Å²) in [5.74, 6) is 1.75. The van der Waals surface area contributed by atoms with Gasteiger partial charge in [-0.3, -0.25) is 0 Å². The van der Waals surface area contributed by atoms with Gasteiger partial charge >= 0.3 is 0 Å². The molecule has 0 radical (unpaired) electrons. The van der Waals surface area contributed by atoms with Crippen molar-refractivity contribution in [2.75, 3.05) is 13.2 Å². The van der Waals surface area contributed by atoms with Crippen LogP contribution in [0.25, 0.3) is 0 Å². The van der Waals surface area contributed by atoms with Crippen LogP contribution in [0.3, 0.4) is 0 Å². The molecule has 0 unspecified atom stereocenters. The van der Waals surface area contributed by atoms with Crippen LogP contribution in [0.5, 0.6) is 11.5 Å². The van der Waals surface area contributed by atoms with E-state index in [1.165, 1.54) is 0 Å². The molecule has 3 heteroatoms. The lowest BCUT2D eigenvalue weighted by atomic mass is 10.1. The van der Waals surface area contributed by atoms with Crippen LogP contribution in [-0.2, 0) is 6.54 Å². The topological polar surface area (TPSA) is 44.5 Å². The van der Waals surface area contributed by atoms with Gasteiger partial charge in [0, 0.05) is 6.54 Å². The van der Waals surface area contributed by atoms with Crippen LogP contribution in [0.4, 0.5) is 0 Å². The minimum atomic E-state index is 0.526. The summed E-state index contributed by atoms with van der Waals surface area (Å²) in [5, 5.41) is 0. The molecule has 0 saturated carbocycles. The normalized spacial score (nSPS) is 10.2. The van der Waals surface area contributed by atoms with Gasteiger partial charge in [-0.1, -0.05) is 30.3 Å². The number of nitrogens with two attached hydrogens (primary N) is 1. The van der Waals surface area contributed by atoms with E-state index in [-0.39, 0.29) is 0 Å². The Morgan fingerprint density at radius 3 is 2.37 bits per heavy atom. The monoisotopic (exact) mass is 257 g/mol. The maximum Gasteiger partial charge on any atom is 0.122 e. The zero-order valence-corrected chi connectivity index (χ0v) is 11.1. The van der Waals surface area contributed by atoms with Crippen molar-refractivity contribution in [2.24, 2.45) is 5.73 Å². The van der Waals surface area contributed by atoms with Gasteiger partial charge in [0.05, 0.1) is 0 Å². The number of ether oxygens (including phenoxy) is 2. The van der Waals surface area contributed by atoms with Crippen molar-refractivity contribution in [3.8, 4) is 11.5 Å². The van der Waals surface area contributed by atoms with Gasteiger partial charge in [-0.25, -0.2) is 0 Å². The molecule has 0 fully saturated rings. The second-order valence-electron chi connectivity index (χ2n) is 4.31. The standard InChI is InChI=1S/C16H19NO2/c1-13-11-14(12-17)7-8-16(13)19-10-9-18-15-5-3-2-4-6-15/h2-8,11H,9-10,12,17H2,1H3. The zero-order valence-electron chi connectivity index (χ0n) is 11.1. The highest BCUT2D eigenvalue weighted by Crippen LogP contribution is 2.19. The largest absolute Gasteiger partial charge is 0.490 e. The fourth-order valence-electron chi connectivity index (χ4n) is 1.83. The zero-order chi connectivity index (χ0) is 13.5. The molecule has 0 heterocycles. The van der Waals surface area contributed by atoms with Crippen molar-refractivity contribution in [3.63, 3.8) is 0 Å². The summed E-state index contributed by atoms with van der Waals surface area (Å²) < 4.78 is 11.3. The van der Waals surface area contributed by atoms with E-state index in [1.54, 1.807) is 0 Å². The van der Waals surface area contributed by atoms with E-state index in [0.29, 0.717) is 19.8 Å². The molecule has 19 heavy (non-hydrogen) atoms. The van der Waals surface area contributed by atoms with Crippen LogP contribution >= 0.6 is 0 Å². The molecule has 0 spiro atoms. The number of benzene rings is 2. The highest BCUT2D eigenvalue weighted by molar-refractivity contribution is 5.36. The Balaban J connectivity index is 1.80. The molecule has 0 saturated heterocycles. The average molecular weight is 257 g/mol. The first kappa shape index (κ1) is 13.4. The predicted octanol–water partition coefficient (Wildman–Crippen LogP) is 2.91. The van der Waals surface area contributed by atoms with Crippen LogP contribution in [0.15, 0.2) is 48.5 Å². The number of aryl methyl sites for hydroxylation is 1. The Kier molecular flexibility index (Phi) is 4.81. The summed E-state index contributed by atoms with van der Waals surface area (Å²) in [5.41, 5.74) is 7.81. The van der Waals surface area contributed by atoms with E-state index >= 15 is 0 Å². The lowest BCUT2D eigenvalue weighted by molar-refractivity contribution is 0.216. The molecule has 2 rings (SSSR count). The van der Waals surface area contributed by atoms with Crippen LogP contribution in [0.2, 0.25) is 0 Å². The van der Waals surface area contributed by atoms with E-state index in [9.17, 15) is 0 Å². The molecule has 0 bridgehead atoms. The van der Waals surface area contributed by atoms with Gasteiger partial charge in [-0.2, -0.15) is 0 Å². The predicted molar refractivity (Wildman–Crippen MR) is 76.5 cm³/mol. The maximum atomic E-state index is 5.69. The summed E-state index contributed by atoms with van der Waals surface area (Å²) in [6.45, 7) is 3.63. The highest BCUT2D eigenvalue weighted by atomic mass is 16.5. The number of hydrogen-bond acceptors (Lipinski definition) is 3. The summed E-state index contributed by atoms with van der Waals surface area (Å²) in [6, 6.07) is 15.7. The van der Waals surface area contributed by atoms with Gasteiger partial charge in [0.1, 0.15) is 24.7 Å². The molecule has 2 aromatic rings. The van der Waals surface area contributed by atoms with E-state index in [1.807, 2.05) is 55.5 Å². The van der Waals surface area contributed by atoms with Crippen molar-refractivity contribution in [3.05, 3.63) is 59.7 Å². The first-order valence-corrected chi connectivity index (χ1v) is 6.40. The Hall–Kier alpha value is -2.00. The Morgan fingerprint density at radius 1 is 0.947 bits per heavy atom. The molecular formula is C16H19NO2. The molecule has 100 valence electrons. The van der Waals surface area contributed by atoms with Crippen LogP contribution in [0.1, 0.15) is 11.1 Å². The van der Waals surface area contributed by atoms with E-state index < -0.39 is 0 Å². The van der Waals surface area contributed by atoms with Crippen LogP contribution < -0.4 is 15.2 Å². The van der Waals surface area contributed by atoms with Gasteiger partial charge in [0.2, 0.25) is 0 Å². The van der Waals surface area contributed by atoms with Crippen molar-refractivity contribution in [1.29, 1.82) is 0 Å². The first-order valence-electron chi connectivity index (χ1n) is 6.40. The fraction of sp³-hybridized carbons (Fsp3) is 0.250. The number of para-hydroxylation sites is 1. The van der Waals surface area contributed by atoms with Crippen LogP contribution in [-0.4, -0.2) is 13.2 Å². The van der Waals surface area contributed by atoms with Crippen molar-refractivity contribution in [1.82, 2.24) is 0 Å². The van der Waals surface area contributed by atoms with Gasteiger partial charge < -0.3 is 15.2 Å². The van der Waals surface area contributed by atoms with Gasteiger partial charge in [0.15, 0.2) is 0 Å². The van der Waals surface area contributed by atoms with Gasteiger partial charge in [-0.05, 0) is 36.2 Å². The minimum Gasteiger partial charge on any atom is -0.490 e. The second-order valence-corrected chi connectivity index (χ2v) is 4.31. The summed E-state index contributed by atoms with van der Waals surface area (Å²) in [6.07, 6.45) is 0. The Bertz CT molecular complexity index is 511. The summed E-state index contributed by atoms with van der Waals surface area (Å²) in [7, 11) is 0. The summed E-state index contributed by atoms with van der Waals surface area (Å²) >= 11 is 0. The molecule has 0 aromatic heterocycles. The molecule has 0 aliphatic rings. The molecule has 0 amide bonds. The van der Waals surface area contributed by atoms with Gasteiger partial charge in [-0.15, -0.1) is 0 Å². The maximum absolute atomic E-state index is 5.69. The third kappa shape index (κ3) is 4.00. The molecule has 2 N–H and O–H groups in total. The Labute approximate surface area is 114 Å². The van der Waals surface area contributed by atoms with Crippen molar-refractivity contribution in [2.45, 2.75) is 13.5 Å². The second kappa shape index (κ2) is 6.81. The van der Waals surface area contributed by atoms with Crippen molar-refractivity contribution < 1.29 is 9.47 Å². The van der Waals surface area contributed by atoms with Crippen molar-refractivity contribution >= 4 is 0 Å². The smallest absolute Gasteiger partial charge is 0.122 e. The lowest BCUT2D eigenvalue weighted by Gasteiger charge is -2.11. The lowest BCUT2D eigenvalue weighted by Crippen LogP contribution is -2.09. The average Bonchev–Trinajstić information content (AvgIpc) is 2.46. The van der Waals surface area contributed by atoms with E-state index in [2.05, 4.69) is 0 Å². The number of hydrogen-bond donors (Lipinski definition) is 1. The third-order valence-corrected chi connectivity index (χ3v) is 2.83. The van der Waals surface area contributed by atoms with E-state index in [4.69, 9.17) is 15.2 Å². The molecule has 3 nitrogen and oxygen atoms in total. The molecule has 0 aliphatic heterocycles. The summed E-state index contributed by atoms with van der Waals surface area (Å²) in [4.78, 5) is 0. The quantitative estimate of drug-likeness (QED) is 0.809. The molecule has 0 aliphatic carbocycles. The SMILES string of the molecule is Cc1cc(CN)ccc1OCCOc1ccccc1. The number of rotatable bonds is 6. The fourth-order valence-corrected chi connectivity index (χ4v) is 1.83. The van der Waals surface area contributed by atoms with Crippen LogP contribution in [0, 0.1) is 6.92 Å². The Morgan fingerprint density at radius 2 is 1.68 bits per heavy atom. The third-order valence-electron chi connectivity index (χ3n) is 2.83. The highest BCUT2D eigenvalue weighted by Gasteiger charge is 2.00. The van der Waals surface area contributed by atoms with E-state index in [0.717, 1.165) is 22.6 Å². The molecule has 2 aromatic carbocycles. The molecular weight excluding hydrogens is 238 g/mol. The molecule has 0 atom stereocenters. The first-order chi connectivity index (χ1) is 9.29. The minimum absolute atomic E-state index is 0.526.